The molecule has 25 heavy (non-hydrogen) atoms. The second-order valence-electron chi connectivity index (χ2n) is 5.49. The molecule has 0 aromatic heterocycles. The van der Waals surface area contributed by atoms with Gasteiger partial charge in [0.15, 0.2) is 11.5 Å². The van der Waals surface area contributed by atoms with Gasteiger partial charge in [-0.25, -0.2) is 0 Å². The lowest BCUT2D eigenvalue weighted by atomic mass is 10.1. The lowest BCUT2D eigenvalue weighted by Crippen LogP contribution is -2.31. The predicted molar refractivity (Wildman–Crippen MR) is 89.6 cm³/mol. The molecule has 0 bridgehead atoms. The molecule has 0 saturated heterocycles. The molecule has 2 aromatic rings. The van der Waals surface area contributed by atoms with Crippen molar-refractivity contribution in [1.82, 2.24) is 4.90 Å². The van der Waals surface area contributed by atoms with Crippen molar-refractivity contribution < 1.29 is 19.1 Å². The van der Waals surface area contributed by atoms with Crippen molar-refractivity contribution >= 4 is 11.8 Å². The highest BCUT2D eigenvalue weighted by Gasteiger charge is 2.34. The van der Waals surface area contributed by atoms with Crippen LogP contribution >= 0.6 is 0 Å². The Kier molecular flexibility index (Phi) is 4.66. The number of ether oxygens (including phenoxy) is 2. The Bertz CT molecular complexity index is 835. The summed E-state index contributed by atoms with van der Waals surface area (Å²) in [5.74, 6) is 0.455. The van der Waals surface area contributed by atoms with Crippen LogP contribution in [0.3, 0.4) is 0 Å². The number of rotatable bonds is 6. The van der Waals surface area contributed by atoms with Gasteiger partial charge in [-0.05, 0) is 30.7 Å². The lowest BCUT2D eigenvalue weighted by molar-refractivity contribution is 0.0646. The number of nitrogens with zero attached hydrogens (tertiary/aromatic N) is 2. The van der Waals surface area contributed by atoms with Gasteiger partial charge in [0.2, 0.25) is 0 Å². The quantitative estimate of drug-likeness (QED) is 0.598. The normalized spacial score (nSPS) is 12.7. The molecule has 0 atom stereocenters. The maximum absolute atomic E-state index is 12.3. The highest BCUT2D eigenvalue weighted by Crippen LogP contribution is 2.28. The lowest BCUT2D eigenvalue weighted by Gasteiger charge is -2.15. The van der Waals surface area contributed by atoms with Gasteiger partial charge in [-0.1, -0.05) is 12.1 Å². The molecule has 0 saturated carbocycles. The molecule has 0 fully saturated rings. The summed E-state index contributed by atoms with van der Waals surface area (Å²) in [4.78, 5) is 25.8. The summed E-state index contributed by atoms with van der Waals surface area (Å²) in [6, 6.07) is 13.7. The van der Waals surface area contributed by atoms with Crippen LogP contribution in [-0.2, 0) is 0 Å². The predicted octanol–water partition coefficient (Wildman–Crippen LogP) is 2.63. The Morgan fingerprint density at radius 1 is 1.04 bits per heavy atom. The Balaban J connectivity index is 1.57. The van der Waals surface area contributed by atoms with Crippen LogP contribution in [0.4, 0.5) is 0 Å². The van der Waals surface area contributed by atoms with Gasteiger partial charge < -0.3 is 9.47 Å². The molecule has 1 aliphatic rings. The van der Waals surface area contributed by atoms with E-state index in [0.29, 0.717) is 41.2 Å². The Labute approximate surface area is 145 Å². The molecular weight excluding hydrogens is 320 g/mol. The number of carbonyl (C=O) groups is 2. The number of fused-ring (bicyclic) bond motifs is 1. The number of methoxy groups -OCH3 is 1. The third kappa shape index (κ3) is 3.17. The minimum Gasteiger partial charge on any atom is -0.493 e. The number of nitriles is 1. The van der Waals surface area contributed by atoms with Crippen LogP contribution < -0.4 is 9.47 Å². The van der Waals surface area contributed by atoms with E-state index >= 15 is 0 Å². The van der Waals surface area contributed by atoms with Crippen molar-refractivity contribution in [3.8, 4) is 17.6 Å². The molecule has 2 aromatic carbocycles. The summed E-state index contributed by atoms with van der Waals surface area (Å²) in [7, 11) is 1.50. The number of imide groups is 1. The van der Waals surface area contributed by atoms with Gasteiger partial charge in [0, 0.05) is 12.6 Å². The Morgan fingerprint density at radius 3 is 2.32 bits per heavy atom. The van der Waals surface area contributed by atoms with Crippen molar-refractivity contribution in [1.29, 1.82) is 5.26 Å². The monoisotopic (exact) mass is 336 g/mol. The third-order valence-electron chi connectivity index (χ3n) is 3.95. The van der Waals surface area contributed by atoms with Gasteiger partial charge in [-0.15, -0.1) is 0 Å². The highest BCUT2D eigenvalue weighted by atomic mass is 16.5. The van der Waals surface area contributed by atoms with Crippen LogP contribution in [0, 0.1) is 11.3 Å². The molecule has 0 unspecified atom stereocenters. The van der Waals surface area contributed by atoms with Gasteiger partial charge in [-0.2, -0.15) is 5.26 Å². The molecule has 2 amide bonds. The van der Waals surface area contributed by atoms with Gasteiger partial charge >= 0.3 is 0 Å². The van der Waals surface area contributed by atoms with Crippen LogP contribution in [0.5, 0.6) is 11.5 Å². The van der Waals surface area contributed by atoms with Crippen molar-refractivity contribution in [3.63, 3.8) is 0 Å². The molecule has 0 N–H and O–H groups in total. The van der Waals surface area contributed by atoms with E-state index in [9.17, 15) is 9.59 Å². The van der Waals surface area contributed by atoms with E-state index < -0.39 is 0 Å². The fraction of sp³-hybridized carbons (Fsp3) is 0.211. The molecule has 3 rings (SSSR count). The van der Waals surface area contributed by atoms with Crippen molar-refractivity contribution in [3.05, 3.63) is 59.2 Å². The Hall–Kier alpha value is -3.33. The SMILES string of the molecule is COc1cc(C#N)ccc1OCCCN1C(=O)c2ccccc2C1=O. The van der Waals surface area contributed by atoms with E-state index in [4.69, 9.17) is 14.7 Å². The van der Waals surface area contributed by atoms with Crippen molar-refractivity contribution in [2.45, 2.75) is 6.42 Å². The molecule has 1 heterocycles. The molecule has 0 aliphatic carbocycles. The largest absolute Gasteiger partial charge is 0.493 e. The summed E-state index contributed by atoms with van der Waals surface area (Å²) < 4.78 is 10.9. The van der Waals surface area contributed by atoms with E-state index in [1.807, 2.05) is 6.07 Å². The van der Waals surface area contributed by atoms with Gasteiger partial charge in [-0.3, -0.25) is 14.5 Å². The number of amides is 2. The van der Waals surface area contributed by atoms with E-state index in [0.717, 1.165) is 0 Å². The van der Waals surface area contributed by atoms with Crippen molar-refractivity contribution in [2.24, 2.45) is 0 Å². The second-order valence-corrected chi connectivity index (χ2v) is 5.49. The number of benzene rings is 2. The number of carbonyl (C=O) groups excluding carboxylic acids is 2. The topological polar surface area (TPSA) is 79.6 Å². The molecule has 126 valence electrons. The Morgan fingerprint density at radius 2 is 1.72 bits per heavy atom. The summed E-state index contributed by atoms with van der Waals surface area (Å²) in [5.41, 5.74) is 1.37. The first-order chi connectivity index (χ1) is 12.2. The molecule has 6 heteroatoms. The summed E-state index contributed by atoms with van der Waals surface area (Å²) in [5, 5.41) is 8.89. The van der Waals surface area contributed by atoms with Gasteiger partial charge in [0.25, 0.3) is 11.8 Å². The molecule has 1 aliphatic heterocycles. The van der Waals surface area contributed by atoms with Gasteiger partial charge in [0.05, 0.1) is 36.5 Å². The van der Waals surface area contributed by atoms with E-state index in [-0.39, 0.29) is 18.4 Å². The summed E-state index contributed by atoms with van der Waals surface area (Å²) in [6.45, 7) is 0.598. The molecule has 0 radical (unpaired) electrons. The maximum atomic E-state index is 12.3. The fourth-order valence-corrected chi connectivity index (χ4v) is 2.70. The summed E-state index contributed by atoms with van der Waals surface area (Å²) in [6.07, 6.45) is 0.495. The zero-order valence-corrected chi connectivity index (χ0v) is 13.7. The first-order valence-corrected chi connectivity index (χ1v) is 7.82. The number of hydrogen-bond acceptors (Lipinski definition) is 5. The van der Waals surface area contributed by atoms with Gasteiger partial charge in [0.1, 0.15) is 0 Å². The van der Waals surface area contributed by atoms with Crippen LogP contribution in [0.2, 0.25) is 0 Å². The zero-order chi connectivity index (χ0) is 17.8. The molecular formula is C19H16N2O4. The van der Waals surface area contributed by atoms with Crippen LogP contribution in [0.1, 0.15) is 32.7 Å². The first kappa shape index (κ1) is 16.5. The summed E-state index contributed by atoms with van der Waals surface area (Å²) >= 11 is 0. The number of hydrogen-bond donors (Lipinski definition) is 0. The molecule has 6 nitrogen and oxygen atoms in total. The second kappa shape index (κ2) is 7.05. The molecule has 0 spiro atoms. The van der Waals surface area contributed by atoms with Crippen LogP contribution in [-0.4, -0.2) is 37.0 Å². The van der Waals surface area contributed by atoms with Crippen LogP contribution in [0.25, 0.3) is 0 Å². The minimum atomic E-state index is -0.267. The zero-order valence-electron chi connectivity index (χ0n) is 13.7. The van der Waals surface area contributed by atoms with Crippen molar-refractivity contribution in [2.75, 3.05) is 20.3 Å². The van der Waals surface area contributed by atoms with E-state index in [1.54, 1.807) is 42.5 Å². The van der Waals surface area contributed by atoms with Crippen LogP contribution in [0.15, 0.2) is 42.5 Å². The third-order valence-corrected chi connectivity index (χ3v) is 3.95. The smallest absolute Gasteiger partial charge is 0.261 e. The fourth-order valence-electron chi connectivity index (χ4n) is 2.70. The maximum Gasteiger partial charge on any atom is 0.261 e. The standard InChI is InChI=1S/C19H16N2O4/c1-24-17-11-13(12-20)7-8-16(17)25-10-4-9-21-18(22)14-5-2-3-6-15(14)19(21)23/h2-3,5-8,11H,4,9-10H2,1H3. The highest BCUT2D eigenvalue weighted by molar-refractivity contribution is 6.21. The van der Waals surface area contributed by atoms with E-state index in [2.05, 4.69) is 0 Å². The average Bonchev–Trinajstić information content (AvgIpc) is 2.90. The average molecular weight is 336 g/mol. The first-order valence-electron chi connectivity index (χ1n) is 7.82. The minimum absolute atomic E-state index is 0.267. The van der Waals surface area contributed by atoms with E-state index in [1.165, 1.54) is 12.0 Å².